The zero-order chi connectivity index (χ0) is 23.5. The van der Waals surface area contributed by atoms with Gasteiger partial charge in [-0.3, -0.25) is 9.59 Å². The average molecular weight is 461 g/mol. The molecule has 3 aliphatic rings. The van der Waals surface area contributed by atoms with Gasteiger partial charge in [-0.25, -0.2) is 0 Å². The Morgan fingerprint density at radius 1 is 0.853 bits per heavy atom. The molecule has 0 N–H and O–H groups in total. The number of hydrogen-bond donors (Lipinski definition) is 0. The first-order chi connectivity index (χ1) is 16.6. The summed E-state index contributed by atoms with van der Waals surface area (Å²) in [5, 5.41) is 0. The standard InChI is InChI=1S/C28H36N4O2/c1-29-17-19-30(20-18-29)26-8-4-3-7-23(26)21-24-13-16-32(28(24)34)25-11-9-22(10-12-25)27(33)31-14-5-2-6-15-31/h3-4,7-12,24H,2,5-6,13-21H2,1H3/t24-/m0/s1. The van der Waals surface area contributed by atoms with Crippen molar-refractivity contribution < 1.29 is 9.59 Å². The highest BCUT2D eigenvalue weighted by Crippen LogP contribution is 2.31. The summed E-state index contributed by atoms with van der Waals surface area (Å²) in [5.74, 6) is 0.309. The van der Waals surface area contributed by atoms with E-state index in [0.29, 0.717) is 0 Å². The molecular formula is C28H36N4O2. The van der Waals surface area contributed by atoms with Crippen molar-refractivity contribution in [2.75, 3.05) is 62.7 Å². The highest BCUT2D eigenvalue weighted by atomic mass is 16.2. The molecule has 0 radical (unpaired) electrons. The lowest BCUT2D eigenvalue weighted by molar-refractivity contribution is -0.120. The summed E-state index contributed by atoms with van der Waals surface area (Å²) < 4.78 is 0. The maximum Gasteiger partial charge on any atom is 0.253 e. The van der Waals surface area contributed by atoms with Gasteiger partial charge in [0.1, 0.15) is 0 Å². The Hall–Kier alpha value is -2.86. The molecule has 0 aromatic heterocycles. The Bertz CT molecular complexity index is 1010. The second-order valence-electron chi connectivity index (χ2n) is 10.00. The number of likely N-dealkylation sites (N-methyl/N-ethyl adjacent to an activating group) is 1. The molecular weight excluding hydrogens is 424 g/mol. The van der Waals surface area contributed by atoms with Crippen molar-refractivity contribution in [1.29, 1.82) is 0 Å². The summed E-state index contributed by atoms with van der Waals surface area (Å²) in [6, 6.07) is 16.2. The van der Waals surface area contributed by atoms with Crippen molar-refractivity contribution in [2.24, 2.45) is 5.92 Å². The second-order valence-corrected chi connectivity index (χ2v) is 10.00. The van der Waals surface area contributed by atoms with Crippen LogP contribution >= 0.6 is 0 Å². The third kappa shape index (κ3) is 4.83. The number of hydrogen-bond acceptors (Lipinski definition) is 4. The van der Waals surface area contributed by atoms with Crippen LogP contribution in [0.5, 0.6) is 0 Å². The quantitative estimate of drug-likeness (QED) is 0.683. The SMILES string of the molecule is CN1CCN(c2ccccc2C[C@@H]2CCN(c3ccc(C(=O)N4CCCCC4)cc3)C2=O)CC1. The van der Waals surface area contributed by atoms with Gasteiger partial charge in [-0.15, -0.1) is 0 Å². The predicted molar refractivity (Wildman–Crippen MR) is 137 cm³/mol. The number of piperazine rings is 1. The molecule has 2 amide bonds. The molecule has 3 fully saturated rings. The number of piperidine rings is 1. The third-order valence-electron chi connectivity index (χ3n) is 7.69. The molecule has 0 bridgehead atoms. The summed E-state index contributed by atoms with van der Waals surface area (Å²) >= 11 is 0. The Balaban J connectivity index is 1.24. The summed E-state index contributed by atoms with van der Waals surface area (Å²) in [6.45, 7) is 6.63. The van der Waals surface area contributed by atoms with Crippen LogP contribution in [-0.2, 0) is 11.2 Å². The topological polar surface area (TPSA) is 47.1 Å². The fraction of sp³-hybridized carbons (Fsp3) is 0.500. The Kier molecular flexibility index (Phi) is 6.86. The number of anilines is 2. The number of nitrogens with zero attached hydrogens (tertiary/aromatic N) is 4. The van der Waals surface area contributed by atoms with E-state index in [1.54, 1.807) is 0 Å². The van der Waals surface area contributed by atoms with Gasteiger partial charge < -0.3 is 19.6 Å². The molecule has 0 spiro atoms. The molecule has 6 nitrogen and oxygen atoms in total. The lowest BCUT2D eigenvalue weighted by Gasteiger charge is -2.35. The number of carbonyl (C=O) groups excluding carboxylic acids is 2. The second kappa shape index (κ2) is 10.2. The van der Waals surface area contributed by atoms with Crippen LogP contribution in [0.25, 0.3) is 0 Å². The molecule has 6 heteroatoms. The molecule has 3 aliphatic heterocycles. The van der Waals surface area contributed by atoms with Crippen molar-refractivity contribution in [1.82, 2.24) is 9.80 Å². The molecule has 1 atom stereocenters. The first-order valence-electron chi connectivity index (χ1n) is 12.8. The monoisotopic (exact) mass is 460 g/mol. The van der Waals surface area contributed by atoms with Crippen LogP contribution in [0.2, 0.25) is 0 Å². The Morgan fingerprint density at radius 3 is 2.29 bits per heavy atom. The lowest BCUT2D eigenvalue weighted by atomic mass is 9.96. The van der Waals surface area contributed by atoms with Crippen molar-refractivity contribution in [2.45, 2.75) is 32.1 Å². The van der Waals surface area contributed by atoms with Crippen LogP contribution in [0.3, 0.4) is 0 Å². The van der Waals surface area contributed by atoms with Gasteiger partial charge in [0.15, 0.2) is 0 Å². The molecule has 5 rings (SSSR count). The first-order valence-corrected chi connectivity index (χ1v) is 12.8. The van der Waals surface area contributed by atoms with Crippen LogP contribution < -0.4 is 9.80 Å². The van der Waals surface area contributed by atoms with E-state index in [1.807, 2.05) is 34.1 Å². The summed E-state index contributed by atoms with van der Waals surface area (Å²) in [4.78, 5) is 34.8. The predicted octanol–water partition coefficient (Wildman–Crippen LogP) is 3.66. The third-order valence-corrected chi connectivity index (χ3v) is 7.69. The largest absolute Gasteiger partial charge is 0.369 e. The summed E-state index contributed by atoms with van der Waals surface area (Å²) in [5.41, 5.74) is 4.17. The normalized spacial score (nSPS) is 21.9. The maximum atomic E-state index is 13.3. The lowest BCUT2D eigenvalue weighted by Crippen LogP contribution is -2.44. The fourth-order valence-corrected chi connectivity index (χ4v) is 5.55. The molecule has 3 heterocycles. The van der Waals surface area contributed by atoms with Crippen molar-refractivity contribution in [3.8, 4) is 0 Å². The van der Waals surface area contributed by atoms with Crippen LogP contribution in [0, 0.1) is 5.92 Å². The zero-order valence-corrected chi connectivity index (χ0v) is 20.3. The van der Waals surface area contributed by atoms with Crippen LogP contribution in [0.4, 0.5) is 11.4 Å². The molecule has 0 saturated carbocycles. The molecule has 2 aromatic carbocycles. The highest BCUT2D eigenvalue weighted by molar-refractivity contribution is 5.99. The number of carbonyl (C=O) groups is 2. The minimum Gasteiger partial charge on any atom is -0.369 e. The smallest absolute Gasteiger partial charge is 0.253 e. The van der Waals surface area contributed by atoms with Gasteiger partial charge >= 0.3 is 0 Å². The molecule has 34 heavy (non-hydrogen) atoms. The van der Waals surface area contributed by atoms with Gasteiger partial charge in [0.25, 0.3) is 5.91 Å². The van der Waals surface area contributed by atoms with E-state index < -0.39 is 0 Å². The minimum atomic E-state index is 0.00303. The summed E-state index contributed by atoms with van der Waals surface area (Å²) in [7, 11) is 2.17. The van der Waals surface area contributed by atoms with E-state index >= 15 is 0 Å². The van der Waals surface area contributed by atoms with E-state index in [1.165, 1.54) is 17.7 Å². The van der Waals surface area contributed by atoms with E-state index in [-0.39, 0.29) is 17.7 Å². The minimum absolute atomic E-state index is 0.00303. The number of rotatable bonds is 5. The van der Waals surface area contributed by atoms with Crippen LogP contribution in [0.15, 0.2) is 48.5 Å². The van der Waals surface area contributed by atoms with Crippen molar-refractivity contribution in [3.63, 3.8) is 0 Å². The van der Waals surface area contributed by atoms with Crippen molar-refractivity contribution >= 4 is 23.2 Å². The zero-order valence-electron chi connectivity index (χ0n) is 20.3. The maximum absolute atomic E-state index is 13.3. The Morgan fingerprint density at radius 2 is 1.56 bits per heavy atom. The average Bonchev–Trinajstić information content (AvgIpc) is 3.25. The number of para-hydroxylation sites is 1. The molecule has 180 valence electrons. The van der Waals surface area contributed by atoms with Gasteiger partial charge in [-0.1, -0.05) is 18.2 Å². The van der Waals surface area contributed by atoms with E-state index in [0.717, 1.165) is 82.7 Å². The van der Waals surface area contributed by atoms with E-state index in [4.69, 9.17) is 0 Å². The molecule has 3 saturated heterocycles. The number of benzene rings is 2. The molecule has 0 unspecified atom stereocenters. The Labute approximate surface area is 203 Å². The van der Waals surface area contributed by atoms with Gasteiger partial charge in [-0.05, 0) is 75.0 Å². The summed E-state index contributed by atoms with van der Waals surface area (Å²) in [6.07, 6.45) is 5.03. The van der Waals surface area contributed by atoms with Gasteiger partial charge in [0.2, 0.25) is 5.91 Å². The van der Waals surface area contributed by atoms with E-state index in [9.17, 15) is 9.59 Å². The van der Waals surface area contributed by atoms with Gasteiger partial charge in [-0.2, -0.15) is 0 Å². The van der Waals surface area contributed by atoms with Gasteiger partial charge in [0.05, 0.1) is 0 Å². The fourth-order valence-electron chi connectivity index (χ4n) is 5.55. The molecule has 0 aliphatic carbocycles. The van der Waals surface area contributed by atoms with E-state index in [2.05, 4.69) is 41.1 Å². The van der Waals surface area contributed by atoms with Crippen LogP contribution in [0.1, 0.15) is 41.6 Å². The van der Waals surface area contributed by atoms with Gasteiger partial charge in [0, 0.05) is 68.7 Å². The highest BCUT2D eigenvalue weighted by Gasteiger charge is 2.33. The first kappa shape index (κ1) is 22.9. The van der Waals surface area contributed by atoms with Crippen LogP contribution in [-0.4, -0.2) is 74.5 Å². The molecule has 2 aromatic rings. The number of likely N-dealkylation sites (tertiary alicyclic amines) is 1. The van der Waals surface area contributed by atoms with Crippen molar-refractivity contribution in [3.05, 3.63) is 59.7 Å². The number of amides is 2.